The topological polar surface area (TPSA) is 93.7 Å². The molecule has 0 atom stereocenters. The standard InChI is InChI=1S/C13H15BN2O5/c1-15-5-6-16(13(18)12(15)17)8-9-3-4-11(21-2)10(7-9)14(19)20/h3-7,19-20H,8H2,1-2H3. The molecule has 0 radical (unpaired) electrons. The van der Waals surface area contributed by atoms with Crippen molar-refractivity contribution < 1.29 is 14.8 Å². The minimum Gasteiger partial charge on any atom is -0.497 e. The first kappa shape index (κ1) is 15.1. The molecule has 1 heterocycles. The number of aryl methyl sites for hydroxylation is 1. The lowest BCUT2D eigenvalue weighted by Gasteiger charge is -2.11. The van der Waals surface area contributed by atoms with Crippen molar-refractivity contribution in [3.63, 3.8) is 0 Å². The predicted molar refractivity (Wildman–Crippen MR) is 77.9 cm³/mol. The van der Waals surface area contributed by atoms with Crippen molar-refractivity contribution in [2.75, 3.05) is 7.11 Å². The van der Waals surface area contributed by atoms with Crippen molar-refractivity contribution in [1.82, 2.24) is 9.13 Å². The van der Waals surface area contributed by atoms with Crippen LogP contribution in [0.4, 0.5) is 0 Å². The maximum atomic E-state index is 11.8. The maximum Gasteiger partial charge on any atom is 0.492 e. The van der Waals surface area contributed by atoms with Crippen LogP contribution in [0.25, 0.3) is 0 Å². The van der Waals surface area contributed by atoms with Crippen LogP contribution in [-0.4, -0.2) is 33.4 Å². The summed E-state index contributed by atoms with van der Waals surface area (Å²) in [6, 6.07) is 4.79. The number of methoxy groups -OCH3 is 1. The number of rotatable bonds is 4. The van der Waals surface area contributed by atoms with Crippen molar-refractivity contribution in [3.8, 4) is 5.75 Å². The van der Waals surface area contributed by atoms with Crippen molar-refractivity contribution >= 4 is 12.6 Å². The zero-order valence-electron chi connectivity index (χ0n) is 11.7. The summed E-state index contributed by atoms with van der Waals surface area (Å²) in [5, 5.41) is 18.6. The fourth-order valence-corrected chi connectivity index (χ4v) is 1.99. The van der Waals surface area contributed by atoms with E-state index in [0.29, 0.717) is 11.3 Å². The van der Waals surface area contributed by atoms with Gasteiger partial charge in [-0.1, -0.05) is 12.1 Å². The Kier molecular flexibility index (Phi) is 4.30. The Morgan fingerprint density at radius 2 is 1.90 bits per heavy atom. The number of benzene rings is 1. The zero-order valence-corrected chi connectivity index (χ0v) is 11.7. The Morgan fingerprint density at radius 3 is 2.52 bits per heavy atom. The summed E-state index contributed by atoms with van der Waals surface area (Å²) in [7, 11) is 1.24. The number of hydrogen-bond donors (Lipinski definition) is 2. The second-order valence-corrected chi connectivity index (χ2v) is 4.60. The van der Waals surface area contributed by atoms with Gasteiger partial charge in [-0.25, -0.2) is 0 Å². The Balaban J connectivity index is 2.41. The van der Waals surface area contributed by atoms with E-state index < -0.39 is 18.2 Å². The van der Waals surface area contributed by atoms with Crippen molar-refractivity contribution in [2.24, 2.45) is 7.05 Å². The molecule has 2 N–H and O–H groups in total. The third-order valence-electron chi connectivity index (χ3n) is 3.16. The first-order valence-electron chi connectivity index (χ1n) is 6.23. The summed E-state index contributed by atoms with van der Waals surface area (Å²) >= 11 is 0. The normalized spacial score (nSPS) is 10.5. The molecule has 21 heavy (non-hydrogen) atoms. The molecular weight excluding hydrogens is 275 g/mol. The van der Waals surface area contributed by atoms with Gasteiger partial charge in [0.15, 0.2) is 0 Å². The van der Waals surface area contributed by atoms with Crippen LogP contribution in [-0.2, 0) is 13.6 Å². The van der Waals surface area contributed by atoms with Gasteiger partial charge in [-0.15, -0.1) is 0 Å². The predicted octanol–water partition coefficient (Wildman–Crippen LogP) is -1.72. The molecule has 0 fully saturated rings. The summed E-state index contributed by atoms with van der Waals surface area (Å²) in [6.07, 6.45) is 3.00. The molecular formula is C13H15BN2O5. The van der Waals surface area contributed by atoms with Crippen molar-refractivity contribution in [2.45, 2.75) is 6.54 Å². The minimum atomic E-state index is -1.68. The van der Waals surface area contributed by atoms with Crippen LogP contribution in [0, 0.1) is 0 Å². The number of nitrogens with zero attached hydrogens (tertiary/aromatic N) is 2. The van der Waals surface area contributed by atoms with Crippen LogP contribution >= 0.6 is 0 Å². The van der Waals surface area contributed by atoms with E-state index in [-0.39, 0.29) is 12.0 Å². The molecule has 0 unspecified atom stereocenters. The second kappa shape index (κ2) is 5.98. The van der Waals surface area contributed by atoms with Gasteiger partial charge in [0.2, 0.25) is 0 Å². The molecule has 1 aromatic carbocycles. The van der Waals surface area contributed by atoms with E-state index in [9.17, 15) is 19.6 Å². The van der Waals surface area contributed by atoms with Gasteiger partial charge < -0.3 is 23.9 Å². The van der Waals surface area contributed by atoms with Gasteiger partial charge >= 0.3 is 18.2 Å². The molecule has 0 bridgehead atoms. The number of aromatic nitrogens is 2. The fourth-order valence-electron chi connectivity index (χ4n) is 1.99. The highest BCUT2D eigenvalue weighted by Crippen LogP contribution is 2.10. The van der Waals surface area contributed by atoms with E-state index in [2.05, 4.69) is 0 Å². The average Bonchev–Trinajstić information content (AvgIpc) is 2.47. The van der Waals surface area contributed by atoms with Crippen LogP contribution in [0.2, 0.25) is 0 Å². The molecule has 0 aliphatic carbocycles. The van der Waals surface area contributed by atoms with Crippen LogP contribution in [0.1, 0.15) is 5.56 Å². The molecule has 0 saturated heterocycles. The molecule has 110 valence electrons. The van der Waals surface area contributed by atoms with Crippen LogP contribution in [0.3, 0.4) is 0 Å². The first-order chi connectivity index (χ1) is 9.93. The monoisotopic (exact) mass is 290 g/mol. The lowest BCUT2D eigenvalue weighted by atomic mass is 9.78. The van der Waals surface area contributed by atoms with Gasteiger partial charge in [-0.05, 0) is 11.6 Å². The summed E-state index contributed by atoms with van der Waals surface area (Å²) in [5.41, 5.74) is -0.406. The van der Waals surface area contributed by atoms with Gasteiger partial charge in [0.25, 0.3) is 0 Å². The van der Waals surface area contributed by atoms with Gasteiger partial charge in [0.05, 0.1) is 13.7 Å². The van der Waals surface area contributed by atoms with E-state index in [1.807, 2.05) is 0 Å². The molecule has 7 nitrogen and oxygen atoms in total. The average molecular weight is 290 g/mol. The van der Waals surface area contributed by atoms with Gasteiger partial charge in [0.1, 0.15) is 5.75 Å². The summed E-state index contributed by atoms with van der Waals surface area (Å²) in [6.45, 7) is 0.151. The second-order valence-electron chi connectivity index (χ2n) is 4.60. The molecule has 0 aliphatic rings. The third-order valence-corrected chi connectivity index (χ3v) is 3.16. The van der Waals surface area contributed by atoms with Crippen molar-refractivity contribution in [1.29, 1.82) is 0 Å². The molecule has 1 aromatic heterocycles. The minimum absolute atomic E-state index is 0.151. The van der Waals surface area contributed by atoms with Crippen LogP contribution in [0.5, 0.6) is 5.75 Å². The Morgan fingerprint density at radius 1 is 1.19 bits per heavy atom. The first-order valence-corrected chi connectivity index (χ1v) is 6.23. The maximum absolute atomic E-state index is 11.8. The van der Waals surface area contributed by atoms with Gasteiger partial charge in [0, 0.05) is 24.9 Å². The Bertz CT molecular complexity index is 766. The van der Waals surface area contributed by atoms with Gasteiger partial charge in [-0.3, -0.25) is 9.59 Å². The SMILES string of the molecule is COc1ccc(Cn2ccn(C)c(=O)c2=O)cc1B(O)O. The lowest BCUT2D eigenvalue weighted by Crippen LogP contribution is -2.39. The quantitative estimate of drug-likeness (QED) is 0.516. The third kappa shape index (κ3) is 3.06. The van der Waals surface area contributed by atoms with E-state index >= 15 is 0 Å². The van der Waals surface area contributed by atoms with Crippen LogP contribution < -0.4 is 21.3 Å². The summed E-state index contributed by atoms with van der Waals surface area (Å²) in [4.78, 5) is 23.4. The van der Waals surface area contributed by atoms with E-state index in [1.165, 1.54) is 41.8 Å². The van der Waals surface area contributed by atoms with Crippen LogP contribution in [0.15, 0.2) is 40.2 Å². The summed E-state index contributed by atoms with van der Waals surface area (Å²) < 4.78 is 7.49. The highest BCUT2D eigenvalue weighted by atomic mass is 16.5. The summed E-state index contributed by atoms with van der Waals surface area (Å²) in [5.74, 6) is 0.338. The zero-order chi connectivity index (χ0) is 15.6. The molecule has 0 spiro atoms. The number of ether oxygens (including phenoxy) is 1. The lowest BCUT2D eigenvalue weighted by molar-refractivity contribution is 0.403. The molecule has 2 aromatic rings. The highest BCUT2D eigenvalue weighted by Gasteiger charge is 2.17. The smallest absolute Gasteiger partial charge is 0.492 e. The molecule has 0 aliphatic heterocycles. The van der Waals surface area contributed by atoms with E-state index in [4.69, 9.17) is 4.74 Å². The number of hydrogen-bond acceptors (Lipinski definition) is 5. The highest BCUT2D eigenvalue weighted by molar-refractivity contribution is 6.59. The largest absolute Gasteiger partial charge is 0.497 e. The molecule has 0 saturated carbocycles. The Labute approximate surface area is 120 Å². The van der Waals surface area contributed by atoms with E-state index in [1.54, 1.807) is 12.1 Å². The molecule has 2 rings (SSSR count). The van der Waals surface area contributed by atoms with Crippen molar-refractivity contribution in [3.05, 3.63) is 56.9 Å². The molecule has 8 heteroatoms. The van der Waals surface area contributed by atoms with E-state index in [0.717, 1.165) is 0 Å². The van der Waals surface area contributed by atoms with Gasteiger partial charge in [-0.2, -0.15) is 0 Å². The molecule has 0 amide bonds. The Hall–Kier alpha value is -2.32. The fraction of sp³-hybridized carbons (Fsp3) is 0.231.